The standard InChI is InChI=1S/C30H33F3N6O2/c1-21(23-7-9-24(10-8-23)38-18-3-15-34-17-19-38)36-28(40)14-13-27-37-26-4-2-16-35-29(26)39(27)20-22-5-11-25(12-6-22)41-30(31,32)33/h2,4-12,16,21,34H,3,13-15,17-20H2,1H3,(H,36,40). The molecule has 0 saturated carbocycles. The Bertz CT molecular complexity index is 1450. The Labute approximate surface area is 236 Å². The minimum absolute atomic E-state index is 0.0969. The largest absolute Gasteiger partial charge is 0.573 e. The highest BCUT2D eigenvalue weighted by Gasteiger charge is 2.31. The van der Waals surface area contributed by atoms with Crippen molar-refractivity contribution < 1.29 is 22.7 Å². The number of carbonyl (C=O) groups is 1. The van der Waals surface area contributed by atoms with Crippen LogP contribution < -0.4 is 20.3 Å². The van der Waals surface area contributed by atoms with E-state index in [0.717, 1.165) is 43.7 Å². The molecule has 216 valence electrons. The number of fused-ring (bicyclic) bond motifs is 1. The van der Waals surface area contributed by atoms with Gasteiger partial charge >= 0.3 is 6.36 Å². The summed E-state index contributed by atoms with van der Waals surface area (Å²) in [6, 6.07) is 17.5. The highest BCUT2D eigenvalue weighted by molar-refractivity contribution is 5.77. The number of pyridine rings is 1. The minimum Gasteiger partial charge on any atom is -0.406 e. The van der Waals surface area contributed by atoms with Crippen molar-refractivity contribution in [3.8, 4) is 5.75 Å². The molecule has 2 N–H and O–H groups in total. The molecule has 8 nitrogen and oxygen atoms in total. The summed E-state index contributed by atoms with van der Waals surface area (Å²) in [5.41, 5.74) is 4.31. The number of imidazole rings is 1. The van der Waals surface area contributed by atoms with Crippen molar-refractivity contribution >= 4 is 22.8 Å². The lowest BCUT2D eigenvalue weighted by Gasteiger charge is -2.23. The molecule has 1 amide bonds. The van der Waals surface area contributed by atoms with Crippen molar-refractivity contribution in [1.82, 2.24) is 25.2 Å². The highest BCUT2D eigenvalue weighted by Crippen LogP contribution is 2.24. The van der Waals surface area contributed by atoms with E-state index in [4.69, 9.17) is 0 Å². The predicted molar refractivity (Wildman–Crippen MR) is 151 cm³/mol. The van der Waals surface area contributed by atoms with Gasteiger partial charge in [-0.3, -0.25) is 4.79 Å². The molecule has 0 radical (unpaired) electrons. The van der Waals surface area contributed by atoms with E-state index in [2.05, 4.69) is 54.5 Å². The lowest BCUT2D eigenvalue weighted by atomic mass is 10.1. The van der Waals surface area contributed by atoms with Crippen molar-refractivity contribution in [1.29, 1.82) is 0 Å². The van der Waals surface area contributed by atoms with Gasteiger partial charge in [-0.05, 0) is 67.4 Å². The Morgan fingerprint density at radius 2 is 1.85 bits per heavy atom. The van der Waals surface area contributed by atoms with E-state index in [0.29, 0.717) is 30.0 Å². The summed E-state index contributed by atoms with van der Waals surface area (Å²) >= 11 is 0. The smallest absolute Gasteiger partial charge is 0.406 e. The zero-order valence-corrected chi connectivity index (χ0v) is 22.8. The van der Waals surface area contributed by atoms with Gasteiger partial charge < -0.3 is 24.8 Å². The lowest BCUT2D eigenvalue weighted by Crippen LogP contribution is -2.28. The van der Waals surface area contributed by atoms with Crippen LogP contribution in [0.1, 0.15) is 42.8 Å². The van der Waals surface area contributed by atoms with Gasteiger partial charge in [-0.1, -0.05) is 24.3 Å². The quantitative estimate of drug-likeness (QED) is 0.297. The number of nitrogens with one attached hydrogen (secondary N) is 2. The van der Waals surface area contributed by atoms with E-state index >= 15 is 0 Å². The Morgan fingerprint density at radius 1 is 1.07 bits per heavy atom. The first-order valence-corrected chi connectivity index (χ1v) is 13.7. The normalized spacial score (nSPS) is 15.0. The van der Waals surface area contributed by atoms with Crippen LogP contribution in [0.5, 0.6) is 5.75 Å². The van der Waals surface area contributed by atoms with E-state index in [1.54, 1.807) is 24.4 Å². The third kappa shape index (κ3) is 7.55. The third-order valence-corrected chi connectivity index (χ3v) is 7.13. The molecule has 1 aliphatic heterocycles. The van der Waals surface area contributed by atoms with Gasteiger partial charge in [-0.25, -0.2) is 9.97 Å². The molecular weight excluding hydrogens is 533 g/mol. The number of alkyl halides is 3. The molecule has 0 aliphatic carbocycles. The van der Waals surface area contributed by atoms with E-state index in [1.165, 1.54) is 17.8 Å². The van der Waals surface area contributed by atoms with Gasteiger partial charge in [0.15, 0.2) is 5.65 Å². The first-order chi connectivity index (χ1) is 19.7. The fourth-order valence-corrected chi connectivity index (χ4v) is 5.04. The molecule has 11 heteroatoms. The summed E-state index contributed by atoms with van der Waals surface area (Å²) < 4.78 is 43.4. The number of rotatable bonds is 9. The van der Waals surface area contributed by atoms with Crippen LogP contribution in [0, 0.1) is 0 Å². The van der Waals surface area contributed by atoms with Gasteiger partial charge in [-0.2, -0.15) is 0 Å². The monoisotopic (exact) mass is 566 g/mol. The van der Waals surface area contributed by atoms with Crippen LogP contribution in [-0.4, -0.2) is 53.0 Å². The van der Waals surface area contributed by atoms with E-state index < -0.39 is 6.36 Å². The van der Waals surface area contributed by atoms with Crippen LogP contribution in [0.15, 0.2) is 66.9 Å². The molecule has 2 aromatic heterocycles. The average molecular weight is 567 g/mol. The van der Waals surface area contributed by atoms with Gasteiger partial charge in [0.05, 0.1) is 12.6 Å². The number of carbonyl (C=O) groups excluding carboxylic acids is 1. The lowest BCUT2D eigenvalue weighted by molar-refractivity contribution is -0.274. The number of ether oxygens (including phenoxy) is 1. The van der Waals surface area contributed by atoms with Crippen LogP contribution in [0.3, 0.4) is 0 Å². The molecule has 5 rings (SSSR count). The number of amides is 1. The fourth-order valence-electron chi connectivity index (χ4n) is 5.04. The number of hydrogen-bond donors (Lipinski definition) is 2. The molecule has 0 bridgehead atoms. The number of halogens is 3. The second-order valence-electron chi connectivity index (χ2n) is 10.1. The molecule has 4 aromatic rings. The molecule has 0 spiro atoms. The topological polar surface area (TPSA) is 84.3 Å². The summed E-state index contributed by atoms with van der Waals surface area (Å²) in [5.74, 6) is 0.295. The first kappa shape index (κ1) is 28.4. The number of hydrogen-bond acceptors (Lipinski definition) is 6. The number of anilines is 1. The molecule has 1 saturated heterocycles. The molecular formula is C30H33F3N6O2. The highest BCUT2D eigenvalue weighted by atomic mass is 19.4. The van der Waals surface area contributed by atoms with E-state index in [9.17, 15) is 18.0 Å². The molecule has 1 atom stereocenters. The van der Waals surface area contributed by atoms with Gasteiger partial charge in [0.25, 0.3) is 0 Å². The molecule has 41 heavy (non-hydrogen) atoms. The Morgan fingerprint density at radius 3 is 2.61 bits per heavy atom. The number of nitrogens with zero attached hydrogens (tertiary/aromatic N) is 4. The van der Waals surface area contributed by atoms with Crippen molar-refractivity contribution in [3.05, 3.63) is 83.8 Å². The average Bonchev–Trinajstić information content (AvgIpc) is 3.10. The van der Waals surface area contributed by atoms with Crippen LogP contribution >= 0.6 is 0 Å². The number of aromatic nitrogens is 3. The molecule has 3 heterocycles. The van der Waals surface area contributed by atoms with E-state index in [-0.39, 0.29) is 24.1 Å². The SMILES string of the molecule is CC(NC(=O)CCc1nc2cccnc2n1Cc1ccc(OC(F)(F)F)cc1)c1ccc(N2CCCNCC2)cc1. The summed E-state index contributed by atoms with van der Waals surface area (Å²) in [6.45, 7) is 6.32. The Kier molecular flexibility index (Phi) is 8.72. The van der Waals surface area contributed by atoms with Crippen LogP contribution in [0.25, 0.3) is 11.2 Å². The fraction of sp³-hybridized carbons (Fsp3) is 0.367. The summed E-state index contributed by atoms with van der Waals surface area (Å²) in [5, 5.41) is 6.50. The third-order valence-electron chi connectivity index (χ3n) is 7.13. The maximum absolute atomic E-state index is 12.9. The second-order valence-corrected chi connectivity index (χ2v) is 10.1. The summed E-state index contributed by atoms with van der Waals surface area (Å²) in [6.07, 6.45) is -1.36. The first-order valence-electron chi connectivity index (χ1n) is 13.7. The van der Waals surface area contributed by atoms with Gasteiger partial charge in [0, 0.05) is 44.4 Å². The Balaban J connectivity index is 1.22. The van der Waals surface area contributed by atoms with E-state index in [1.807, 2.05) is 17.6 Å². The maximum Gasteiger partial charge on any atom is 0.573 e. The summed E-state index contributed by atoms with van der Waals surface area (Å²) in [7, 11) is 0. The zero-order valence-electron chi connectivity index (χ0n) is 22.8. The minimum atomic E-state index is -4.74. The predicted octanol–water partition coefficient (Wildman–Crippen LogP) is 4.99. The molecule has 2 aromatic carbocycles. The maximum atomic E-state index is 12.9. The van der Waals surface area contributed by atoms with Crippen LogP contribution in [0.2, 0.25) is 0 Å². The Hall–Kier alpha value is -4.12. The van der Waals surface area contributed by atoms with Gasteiger partial charge in [-0.15, -0.1) is 13.2 Å². The van der Waals surface area contributed by atoms with Crippen LogP contribution in [-0.2, 0) is 17.8 Å². The van der Waals surface area contributed by atoms with Crippen molar-refractivity contribution in [2.24, 2.45) is 0 Å². The van der Waals surface area contributed by atoms with Gasteiger partial charge in [0.2, 0.25) is 5.91 Å². The molecule has 1 unspecified atom stereocenters. The van der Waals surface area contributed by atoms with Crippen molar-refractivity contribution in [2.75, 3.05) is 31.1 Å². The van der Waals surface area contributed by atoms with Gasteiger partial charge in [0.1, 0.15) is 17.1 Å². The zero-order chi connectivity index (χ0) is 28.8. The van der Waals surface area contributed by atoms with Crippen molar-refractivity contribution in [3.63, 3.8) is 0 Å². The molecule has 1 aliphatic rings. The number of aryl methyl sites for hydroxylation is 1. The van der Waals surface area contributed by atoms with Crippen molar-refractivity contribution in [2.45, 2.75) is 45.1 Å². The number of benzene rings is 2. The second kappa shape index (κ2) is 12.6. The van der Waals surface area contributed by atoms with Crippen LogP contribution in [0.4, 0.5) is 18.9 Å². The summed E-state index contributed by atoms with van der Waals surface area (Å²) in [4.78, 5) is 24.4. The molecule has 1 fully saturated rings.